The van der Waals surface area contributed by atoms with Crippen LogP contribution in [0.5, 0.6) is 0 Å². The van der Waals surface area contributed by atoms with E-state index in [1.165, 1.54) is 51.4 Å². The van der Waals surface area contributed by atoms with Crippen LogP contribution < -0.4 is 10.6 Å². The zero-order valence-corrected chi connectivity index (χ0v) is 26.9. The largest absolute Gasteiger partial charge is 0.343 e. The van der Waals surface area contributed by atoms with Crippen molar-refractivity contribution in [1.29, 1.82) is 15.8 Å². The fourth-order valence-corrected chi connectivity index (χ4v) is 5.52. The predicted octanol–water partition coefficient (Wildman–Crippen LogP) is 8.83. The second-order valence-corrected chi connectivity index (χ2v) is 12.6. The lowest BCUT2D eigenvalue weighted by atomic mass is 9.74. The molecule has 2 amide bonds. The van der Waals surface area contributed by atoms with Gasteiger partial charge in [-0.3, -0.25) is 9.59 Å². The summed E-state index contributed by atoms with van der Waals surface area (Å²) >= 11 is 0. The van der Waals surface area contributed by atoms with Crippen LogP contribution in [0.3, 0.4) is 0 Å². The average molecular weight is 596 g/mol. The van der Waals surface area contributed by atoms with Gasteiger partial charge in [0.25, 0.3) is 0 Å². The van der Waals surface area contributed by atoms with Crippen LogP contribution in [-0.4, -0.2) is 17.9 Å². The lowest BCUT2D eigenvalue weighted by Crippen LogP contribution is -2.43. The van der Waals surface area contributed by atoms with Gasteiger partial charge in [0, 0.05) is 12.1 Å². The molecular weight excluding hydrogens is 546 g/mol. The topological polar surface area (TPSA) is 130 Å². The molecule has 44 heavy (non-hydrogen) atoms. The van der Waals surface area contributed by atoms with E-state index in [-0.39, 0.29) is 23.3 Å². The summed E-state index contributed by atoms with van der Waals surface area (Å²) < 4.78 is 0. The Kier molecular flexibility index (Phi) is 16.3. The van der Waals surface area contributed by atoms with Crippen LogP contribution in [0.25, 0.3) is 6.08 Å². The molecule has 0 aliphatic heterocycles. The predicted molar refractivity (Wildman–Crippen MR) is 177 cm³/mol. The second kappa shape index (κ2) is 19.9. The van der Waals surface area contributed by atoms with Gasteiger partial charge in [-0.2, -0.15) is 15.8 Å². The third-order valence-electron chi connectivity index (χ3n) is 7.88. The van der Waals surface area contributed by atoms with Crippen LogP contribution in [0, 0.1) is 39.4 Å². The van der Waals surface area contributed by atoms with Crippen molar-refractivity contribution in [3.8, 4) is 18.2 Å². The molecule has 0 saturated heterocycles. The summed E-state index contributed by atoms with van der Waals surface area (Å²) in [4.78, 5) is 25.3. The number of carbonyl (C=O) groups is 2. The van der Waals surface area contributed by atoms with Crippen molar-refractivity contribution in [1.82, 2.24) is 5.32 Å². The van der Waals surface area contributed by atoms with Crippen molar-refractivity contribution >= 4 is 23.6 Å². The Morgan fingerprint density at radius 2 is 1.45 bits per heavy atom. The molecule has 0 fully saturated rings. The highest BCUT2D eigenvalue weighted by atomic mass is 16.2. The number of carbonyl (C=O) groups excluding carboxylic acids is 2. The van der Waals surface area contributed by atoms with Gasteiger partial charge in [0.05, 0.1) is 12.5 Å². The van der Waals surface area contributed by atoms with Crippen molar-refractivity contribution in [2.45, 2.75) is 123 Å². The number of rotatable bonds is 18. The Bertz CT molecular complexity index is 1280. The Morgan fingerprint density at radius 3 is 2.02 bits per heavy atom. The standard InChI is InChI=1S/C37H49N5O2/c1-4-5-6-7-8-9-10-11-12-13-14-15-35(43)42-34(22-23-38)36(44)41-33-20-18-29(19-21-33)16-17-30-24-31(32(27-39)28-40)26-37(2,3)25-30/h16-21,24,34H,4-15,22,25-26H2,1-3H3,(H,41,44)(H,42,43)/b17-16+. The first-order chi connectivity index (χ1) is 21.2. The van der Waals surface area contributed by atoms with Gasteiger partial charge in [0.1, 0.15) is 23.8 Å². The van der Waals surface area contributed by atoms with Crippen molar-refractivity contribution in [3.05, 3.63) is 58.7 Å². The van der Waals surface area contributed by atoms with Gasteiger partial charge in [-0.05, 0) is 53.5 Å². The van der Waals surface area contributed by atoms with Crippen molar-refractivity contribution in [3.63, 3.8) is 0 Å². The number of nitriles is 3. The normalized spacial score (nSPS) is 14.5. The molecule has 234 valence electrons. The van der Waals surface area contributed by atoms with Gasteiger partial charge in [-0.1, -0.05) is 115 Å². The molecule has 2 rings (SSSR count). The second-order valence-electron chi connectivity index (χ2n) is 12.6. The van der Waals surface area contributed by atoms with E-state index >= 15 is 0 Å². The quantitative estimate of drug-likeness (QED) is 0.129. The number of allylic oxidation sites excluding steroid dienone is 5. The molecule has 0 radical (unpaired) electrons. The Balaban J connectivity index is 1.82. The summed E-state index contributed by atoms with van der Waals surface area (Å²) in [5.74, 6) is -0.617. The van der Waals surface area contributed by atoms with Gasteiger partial charge in [0.2, 0.25) is 11.8 Å². The van der Waals surface area contributed by atoms with Gasteiger partial charge in [-0.25, -0.2) is 0 Å². The molecule has 1 aromatic carbocycles. The van der Waals surface area contributed by atoms with Gasteiger partial charge in [0.15, 0.2) is 0 Å². The average Bonchev–Trinajstić information content (AvgIpc) is 2.99. The fourth-order valence-electron chi connectivity index (χ4n) is 5.52. The Labute approximate surface area is 264 Å². The number of hydrogen-bond acceptors (Lipinski definition) is 5. The number of nitrogens with one attached hydrogen (secondary N) is 2. The molecule has 7 heteroatoms. The first-order valence-electron chi connectivity index (χ1n) is 16.2. The summed E-state index contributed by atoms with van der Waals surface area (Å²) in [6.07, 6.45) is 20.9. The molecule has 1 atom stereocenters. The number of unbranched alkanes of at least 4 members (excludes halogenated alkanes) is 10. The van der Waals surface area contributed by atoms with Crippen LogP contribution in [-0.2, 0) is 9.59 Å². The summed E-state index contributed by atoms with van der Waals surface area (Å²) in [6, 6.07) is 12.4. The molecule has 2 N–H and O–H groups in total. The number of anilines is 1. The molecule has 7 nitrogen and oxygen atoms in total. The van der Waals surface area contributed by atoms with E-state index in [1.54, 1.807) is 12.1 Å². The summed E-state index contributed by atoms with van der Waals surface area (Å²) in [5.41, 5.74) is 3.41. The number of nitrogens with zero attached hydrogens (tertiary/aromatic N) is 3. The first-order valence-corrected chi connectivity index (χ1v) is 16.2. The maximum Gasteiger partial charge on any atom is 0.248 e. The molecule has 1 aliphatic carbocycles. The third-order valence-corrected chi connectivity index (χ3v) is 7.88. The minimum Gasteiger partial charge on any atom is -0.343 e. The Morgan fingerprint density at radius 1 is 0.864 bits per heavy atom. The van der Waals surface area contributed by atoms with Gasteiger partial charge < -0.3 is 10.6 Å². The molecule has 0 spiro atoms. The van der Waals surface area contributed by atoms with Gasteiger partial charge in [-0.15, -0.1) is 0 Å². The van der Waals surface area contributed by atoms with Crippen molar-refractivity contribution in [2.24, 2.45) is 5.41 Å². The summed E-state index contributed by atoms with van der Waals surface area (Å²) in [7, 11) is 0. The number of amides is 2. The molecule has 1 aliphatic rings. The minimum atomic E-state index is -0.907. The number of hydrogen-bond donors (Lipinski definition) is 2. The molecule has 0 bridgehead atoms. The van der Waals surface area contributed by atoms with E-state index in [1.807, 2.05) is 48.6 Å². The van der Waals surface area contributed by atoms with E-state index in [0.717, 1.165) is 42.4 Å². The van der Waals surface area contributed by atoms with E-state index in [9.17, 15) is 25.4 Å². The highest BCUT2D eigenvalue weighted by Crippen LogP contribution is 2.39. The van der Waals surface area contributed by atoms with E-state index in [4.69, 9.17) is 0 Å². The van der Waals surface area contributed by atoms with Crippen molar-refractivity contribution in [2.75, 3.05) is 5.32 Å². The zero-order valence-electron chi connectivity index (χ0n) is 26.9. The van der Waals surface area contributed by atoms with Crippen LogP contribution in [0.15, 0.2) is 53.1 Å². The fraction of sp³-hybridized carbons (Fsp3) is 0.541. The summed E-state index contributed by atoms with van der Waals surface area (Å²) in [5, 5.41) is 33.3. The molecular formula is C37H49N5O2. The lowest BCUT2D eigenvalue weighted by Gasteiger charge is -2.30. The molecule has 0 aromatic heterocycles. The lowest BCUT2D eigenvalue weighted by molar-refractivity contribution is -0.126. The maximum atomic E-state index is 12.9. The molecule has 1 aromatic rings. The highest BCUT2D eigenvalue weighted by Gasteiger charge is 2.26. The van der Waals surface area contributed by atoms with Crippen LogP contribution in [0.4, 0.5) is 5.69 Å². The maximum absolute atomic E-state index is 12.9. The highest BCUT2D eigenvalue weighted by molar-refractivity contribution is 5.97. The zero-order chi connectivity index (χ0) is 32.2. The molecule has 0 saturated carbocycles. The smallest absolute Gasteiger partial charge is 0.248 e. The number of benzene rings is 1. The van der Waals surface area contributed by atoms with Gasteiger partial charge >= 0.3 is 0 Å². The van der Waals surface area contributed by atoms with Crippen LogP contribution in [0.2, 0.25) is 0 Å². The monoisotopic (exact) mass is 595 g/mol. The van der Waals surface area contributed by atoms with E-state index in [0.29, 0.717) is 18.5 Å². The molecule has 0 heterocycles. The summed E-state index contributed by atoms with van der Waals surface area (Å²) in [6.45, 7) is 6.48. The van der Waals surface area contributed by atoms with Crippen LogP contribution >= 0.6 is 0 Å². The Hall–Kier alpha value is -4.15. The third kappa shape index (κ3) is 13.9. The minimum absolute atomic E-state index is 0.0564. The molecule has 1 unspecified atom stereocenters. The van der Waals surface area contributed by atoms with E-state index in [2.05, 4.69) is 31.4 Å². The van der Waals surface area contributed by atoms with Crippen LogP contribution in [0.1, 0.15) is 123 Å². The van der Waals surface area contributed by atoms with E-state index < -0.39 is 11.9 Å². The SMILES string of the molecule is CCCCCCCCCCCCCC(=O)NC(CC#N)C(=O)Nc1ccc(/C=C/C2=CC(=C(C#N)C#N)CC(C)(C)C2)cc1. The first kappa shape index (κ1) is 36.0. The van der Waals surface area contributed by atoms with Crippen molar-refractivity contribution < 1.29 is 9.59 Å².